The van der Waals surface area contributed by atoms with Crippen molar-refractivity contribution in [1.29, 1.82) is 0 Å². The lowest BCUT2D eigenvalue weighted by Gasteiger charge is -2.15. The maximum absolute atomic E-state index is 12.9. The first-order valence-corrected chi connectivity index (χ1v) is 5.69. The summed E-state index contributed by atoms with van der Waals surface area (Å²) in [5, 5.41) is 10.1. The lowest BCUT2D eigenvalue weighted by atomic mass is 9.99. The number of halogens is 4. The fraction of sp³-hybridized carbons (Fsp3) is 0.143. The third kappa shape index (κ3) is 2.91. The number of aliphatic hydroxyl groups excluding tert-OH is 1. The average molecular weight is 285 g/mol. The van der Waals surface area contributed by atoms with E-state index in [9.17, 15) is 22.7 Å². The SMILES string of the molecule is Nc1cc(F)ccc1C(O)c1ccc(C(F)(F)F)cc1. The van der Waals surface area contributed by atoms with Crippen LogP contribution in [0, 0.1) is 5.82 Å². The lowest BCUT2D eigenvalue weighted by molar-refractivity contribution is -0.137. The van der Waals surface area contributed by atoms with Gasteiger partial charge in [-0.15, -0.1) is 0 Å². The molecule has 3 N–H and O–H groups in total. The molecule has 106 valence electrons. The molecule has 0 aliphatic heterocycles. The highest BCUT2D eigenvalue weighted by molar-refractivity contribution is 5.50. The lowest BCUT2D eigenvalue weighted by Crippen LogP contribution is -2.07. The van der Waals surface area contributed by atoms with Gasteiger partial charge in [-0.05, 0) is 29.8 Å². The van der Waals surface area contributed by atoms with Gasteiger partial charge in [0.2, 0.25) is 0 Å². The topological polar surface area (TPSA) is 46.2 Å². The monoisotopic (exact) mass is 285 g/mol. The van der Waals surface area contributed by atoms with Crippen LogP contribution in [0.1, 0.15) is 22.8 Å². The smallest absolute Gasteiger partial charge is 0.398 e. The Bertz CT molecular complexity index is 608. The van der Waals surface area contributed by atoms with E-state index in [4.69, 9.17) is 5.73 Å². The Balaban J connectivity index is 2.31. The van der Waals surface area contributed by atoms with Gasteiger partial charge in [0.15, 0.2) is 0 Å². The van der Waals surface area contributed by atoms with E-state index in [0.29, 0.717) is 0 Å². The molecular formula is C14H11F4NO. The van der Waals surface area contributed by atoms with Crippen LogP contribution in [0.2, 0.25) is 0 Å². The summed E-state index contributed by atoms with van der Waals surface area (Å²) < 4.78 is 50.2. The van der Waals surface area contributed by atoms with Gasteiger partial charge < -0.3 is 10.8 Å². The minimum atomic E-state index is -4.43. The van der Waals surface area contributed by atoms with Crippen LogP contribution in [0.15, 0.2) is 42.5 Å². The number of alkyl halides is 3. The van der Waals surface area contributed by atoms with E-state index in [-0.39, 0.29) is 16.8 Å². The molecule has 0 aliphatic rings. The minimum Gasteiger partial charge on any atom is -0.398 e. The predicted octanol–water partition coefficient (Wildman–Crippen LogP) is 3.51. The van der Waals surface area contributed by atoms with Crippen molar-refractivity contribution < 1.29 is 22.7 Å². The van der Waals surface area contributed by atoms with Gasteiger partial charge in [-0.1, -0.05) is 18.2 Å². The van der Waals surface area contributed by atoms with Crippen LogP contribution >= 0.6 is 0 Å². The molecule has 0 saturated carbocycles. The number of rotatable bonds is 2. The van der Waals surface area contributed by atoms with Crippen LogP contribution in [0.3, 0.4) is 0 Å². The average Bonchev–Trinajstić information content (AvgIpc) is 2.37. The van der Waals surface area contributed by atoms with Crippen molar-refractivity contribution in [3.05, 3.63) is 65.0 Å². The number of hydrogen-bond donors (Lipinski definition) is 2. The third-order valence-corrected chi connectivity index (χ3v) is 2.90. The molecule has 1 unspecified atom stereocenters. The predicted molar refractivity (Wildman–Crippen MR) is 66.3 cm³/mol. The molecule has 0 aliphatic carbocycles. The number of nitrogen functional groups attached to an aromatic ring is 1. The number of anilines is 1. The molecule has 0 spiro atoms. The van der Waals surface area contributed by atoms with E-state index in [1.165, 1.54) is 6.07 Å². The first-order valence-electron chi connectivity index (χ1n) is 5.69. The van der Waals surface area contributed by atoms with E-state index in [1.54, 1.807) is 0 Å². The first kappa shape index (κ1) is 14.3. The Kier molecular flexibility index (Phi) is 3.67. The van der Waals surface area contributed by atoms with Crippen LogP contribution in [0.5, 0.6) is 0 Å². The second-order valence-corrected chi connectivity index (χ2v) is 4.30. The van der Waals surface area contributed by atoms with Crippen LogP contribution in [0.4, 0.5) is 23.2 Å². The van der Waals surface area contributed by atoms with Crippen molar-refractivity contribution in [2.75, 3.05) is 5.73 Å². The zero-order chi connectivity index (χ0) is 14.9. The molecule has 0 saturated heterocycles. The van der Waals surface area contributed by atoms with Gasteiger partial charge in [-0.3, -0.25) is 0 Å². The highest BCUT2D eigenvalue weighted by atomic mass is 19.4. The molecule has 0 fully saturated rings. The summed E-state index contributed by atoms with van der Waals surface area (Å²) in [6, 6.07) is 7.54. The van der Waals surface area contributed by atoms with E-state index in [1.807, 2.05) is 0 Å². The second kappa shape index (κ2) is 5.13. The summed E-state index contributed by atoms with van der Waals surface area (Å²) in [6.07, 6.45) is -5.64. The zero-order valence-corrected chi connectivity index (χ0v) is 10.2. The Morgan fingerprint density at radius 3 is 2.10 bits per heavy atom. The summed E-state index contributed by atoms with van der Waals surface area (Å²) in [5.41, 5.74) is 5.30. The van der Waals surface area contributed by atoms with E-state index < -0.39 is 23.7 Å². The van der Waals surface area contributed by atoms with Crippen molar-refractivity contribution in [1.82, 2.24) is 0 Å². The van der Waals surface area contributed by atoms with Crippen molar-refractivity contribution in [2.45, 2.75) is 12.3 Å². The zero-order valence-electron chi connectivity index (χ0n) is 10.2. The molecule has 2 aromatic carbocycles. The fourth-order valence-corrected chi connectivity index (χ4v) is 1.83. The van der Waals surface area contributed by atoms with Gasteiger partial charge >= 0.3 is 6.18 Å². The molecule has 2 aromatic rings. The summed E-state index contributed by atoms with van der Waals surface area (Å²) in [4.78, 5) is 0. The maximum Gasteiger partial charge on any atom is 0.416 e. The summed E-state index contributed by atoms with van der Waals surface area (Å²) in [5.74, 6) is -0.550. The first-order chi connectivity index (χ1) is 9.29. The molecular weight excluding hydrogens is 274 g/mol. The molecule has 0 amide bonds. The van der Waals surface area contributed by atoms with Crippen molar-refractivity contribution in [3.63, 3.8) is 0 Å². The highest BCUT2D eigenvalue weighted by Gasteiger charge is 2.30. The van der Waals surface area contributed by atoms with Gasteiger partial charge in [0.1, 0.15) is 11.9 Å². The van der Waals surface area contributed by atoms with Gasteiger partial charge in [0.05, 0.1) is 5.56 Å². The van der Waals surface area contributed by atoms with Crippen molar-refractivity contribution in [2.24, 2.45) is 0 Å². The number of nitrogens with two attached hydrogens (primary N) is 1. The third-order valence-electron chi connectivity index (χ3n) is 2.90. The molecule has 0 bridgehead atoms. The van der Waals surface area contributed by atoms with E-state index in [0.717, 1.165) is 36.4 Å². The van der Waals surface area contributed by atoms with Crippen LogP contribution < -0.4 is 5.73 Å². The van der Waals surface area contributed by atoms with Gasteiger partial charge in [-0.2, -0.15) is 13.2 Å². The van der Waals surface area contributed by atoms with Crippen molar-refractivity contribution in [3.8, 4) is 0 Å². The largest absolute Gasteiger partial charge is 0.416 e. The van der Waals surface area contributed by atoms with Crippen LogP contribution in [0.25, 0.3) is 0 Å². The summed E-state index contributed by atoms with van der Waals surface area (Å²) >= 11 is 0. The van der Waals surface area contributed by atoms with E-state index in [2.05, 4.69) is 0 Å². The maximum atomic E-state index is 12.9. The molecule has 2 rings (SSSR count). The number of hydrogen-bond acceptors (Lipinski definition) is 2. The molecule has 6 heteroatoms. The highest BCUT2D eigenvalue weighted by Crippen LogP contribution is 2.32. The molecule has 0 aromatic heterocycles. The quantitative estimate of drug-likeness (QED) is 0.655. The second-order valence-electron chi connectivity index (χ2n) is 4.30. The van der Waals surface area contributed by atoms with Crippen LogP contribution in [-0.2, 0) is 6.18 Å². The Labute approximate surface area is 112 Å². The standard InChI is InChI=1S/C14H11F4NO/c15-10-5-6-11(12(19)7-10)13(20)8-1-3-9(4-2-8)14(16,17)18/h1-7,13,20H,19H2. The number of aliphatic hydroxyl groups is 1. The molecule has 0 radical (unpaired) electrons. The normalized spacial score (nSPS) is 13.2. The van der Waals surface area contributed by atoms with Crippen molar-refractivity contribution >= 4 is 5.69 Å². The molecule has 2 nitrogen and oxygen atoms in total. The summed E-state index contributed by atoms with van der Waals surface area (Å²) in [6.45, 7) is 0. The Hall–Kier alpha value is -2.08. The van der Waals surface area contributed by atoms with E-state index >= 15 is 0 Å². The fourth-order valence-electron chi connectivity index (χ4n) is 1.83. The Morgan fingerprint density at radius 2 is 1.60 bits per heavy atom. The van der Waals surface area contributed by atoms with Crippen LogP contribution in [-0.4, -0.2) is 5.11 Å². The summed E-state index contributed by atoms with van der Waals surface area (Å²) in [7, 11) is 0. The molecule has 0 heterocycles. The molecule has 1 atom stereocenters. The minimum absolute atomic E-state index is 0.0393. The molecule has 20 heavy (non-hydrogen) atoms. The number of benzene rings is 2. The van der Waals surface area contributed by atoms with Gasteiger partial charge in [0, 0.05) is 11.3 Å². The Morgan fingerprint density at radius 1 is 1.00 bits per heavy atom. The van der Waals surface area contributed by atoms with Gasteiger partial charge in [-0.25, -0.2) is 4.39 Å². The van der Waals surface area contributed by atoms with Gasteiger partial charge in [0.25, 0.3) is 0 Å².